The van der Waals surface area contributed by atoms with Gasteiger partial charge in [0.1, 0.15) is 23.2 Å². The van der Waals surface area contributed by atoms with Crippen molar-refractivity contribution in [3.05, 3.63) is 46.9 Å². The second-order valence-corrected chi connectivity index (χ2v) is 6.23. The molecule has 6 nitrogen and oxygen atoms in total. The minimum absolute atomic E-state index is 0.0166. The van der Waals surface area contributed by atoms with Crippen molar-refractivity contribution in [3.8, 4) is 0 Å². The first-order chi connectivity index (χ1) is 11.9. The molecule has 0 saturated carbocycles. The minimum Gasteiger partial charge on any atom is -0.350 e. The van der Waals surface area contributed by atoms with E-state index in [1.165, 1.54) is 12.1 Å². The molecule has 2 aromatic heterocycles. The van der Waals surface area contributed by atoms with Crippen LogP contribution in [0.3, 0.4) is 0 Å². The highest BCUT2D eigenvalue weighted by Gasteiger charge is 2.18. The molecule has 1 aromatic carbocycles. The van der Waals surface area contributed by atoms with Gasteiger partial charge >= 0.3 is 0 Å². The number of amides is 1. The average Bonchev–Trinajstić information content (AvgIpc) is 3.11. The second kappa shape index (κ2) is 6.66. The maximum absolute atomic E-state index is 13.5. The molecule has 25 heavy (non-hydrogen) atoms. The number of carbonyl (C=O) groups is 1. The SMILES string of the molecule is CCc1c(C(=O)NCC(C)n2nc(C)nc2C)[nH]c2ccc(F)cc12. The fraction of sp³-hybridized carbons (Fsp3) is 0.389. The zero-order valence-electron chi connectivity index (χ0n) is 14.9. The first-order valence-corrected chi connectivity index (χ1v) is 8.38. The van der Waals surface area contributed by atoms with Gasteiger partial charge in [0.15, 0.2) is 0 Å². The van der Waals surface area contributed by atoms with Crippen LogP contribution >= 0.6 is 0 Å². The Bertz CT molecular complexity index is 927. The lowest BCUT2D eigenvalue weighted by Gasteiger charge is -2.14. The Labute approximate surface area is 145 Å². The fourth-order valence-corrected chi connectivity index (χ4v) is 3.15. The van der Waals surface area contributed by atoms with Crippen LogP contribution in [0, 0.1) is 19.7 Å². The van der Waals surface area contributed by atoms with E-state index in [0.29, 0.717) is 24.5 Å². The van der Waals surface area contributed by atoms with Crippen LogP contribution in [0.1, 0.15) is 47.6 Å². The maximum atomic E-state index is 13.5. The highest BCUT2D eigenvalue weighted by molar-refractivity contribution is 6.01. The summed E-state index contributed by atoms with van der Waals surface area (Å²) in [7, 11) is 0. The first kappa shape index (κ1) is 17.1. The van der Waals surface area contributed by atoms with Crippen molar-refractivity contribution in [2.24, 2.45) is 0 Å². The Balaban J connectivity index is 1.79. The van der Waals surface area contributed by atoms with Crippen LogP contribution in [-0.2, 0) is 6.42 Å². The molecule has 0 fully saturated rings. The van der Waals surface area contributed by atoms with Crippen molar-refractivity contribution in [2.45, 2.75) is 40.2 Å². The van der Waals surface area contributed by atoms with E-state index in [2.05, 4.69) is 20.4 Å². The summed E-state index contributed by atoms with van der Waals surface area (Å²) >= 11 is 0. The van der Waals surface area contributed by atoms with Gasteiger partial charge in [0, 0.05) is 17.4 Å². The molecule has 0 aliphatic heterocycles. The third kappa shape index (κ3) is 3.26. The summed E-state index contributed by atoms with van der Waals surface area (Å²) in [6, 6.07) is 4.49. The molecule has 0 radical (unpaired) electrons. The van der Waals surface area contributed by atoms with Crippen LogP contribution in [0.2, 0.25) is 0 Å². The van der Waals surface area contributed by atoms with E-state index < -0.39 is 0 Å². The van der Waals surface area contributed by atoms with Crippen molar-refractivity contribution in [3.63, 3.8) is 0 Å². The molecule has 0 aliphatic carbocycles. The lowest BCUT2D eigenvalue weighted by atomic mass is 10.1. The van der Waals surface area contributed by atoms with Crippen molar-refractivity contribution in [1.82, 2.24) is 25.1 Å². The number of carbonyl (C=O) groups excluding carboxylic acids is 1. The molecule has 3 aromatic rings. The number of aromatic nitrogens is 4. The topological polar surface area (TPSA) is 75.6 Å². The second-order valence-electron chi connectivity index (χ2n) is 6.23. The largest absolute Gasteiger partial charge is 0.350 e. The van der Waals surface area contributed by atoms with Gasteiger partial charge in [0.2, 0.25) is 0 Å². The Hall–Kier alpha value is -2.70. The molecule has 2 heterocycles. The summed E-state index contributed by atoms with van der Waals surface area (Å²) in [4.78, 5) is 20.0. The Morgan fingerprint density at radius 1 is 1.40 bits per heavy atom. The molecule has 0 aliphatic rings. The number of nitrogens with zero attached hydrogens (tertiary/aromatic N) is 3. The zero-order chi connectivity index (χ0) is 18.1. The monoisotopic (exact) mass is 343 g/mol. The van der Waals surface area contributed by atoms with Gasteiger partial charge in [0.05, 0.1) is 6.04 Å². The van der Waals surface area contributed by atoms with E-state index in [4.69, 9.17) is 0 Å². The summed E-state index contributed by atoms with van der Waals surface area (Å²) < 4.78 is 15.3. The van der Waals surface area contributed by atoms with Gasteiger partial charge < -0.3 is 10.3 Å². The molecule has 132 valence electrons. The van der Waals surface area contributed by atoms with Gasteiger partial charge in [-0.1, -0.05) is 6.92 Å². The number of aromatic amines is 1. The number of hydrogen-bond acceptors (Lipinski definition) is 3. The lowest BCUT2D eigenvalue weighted by molar-refractivity contribution is 0.0942. The summed E-state index contributed by atoms with van der Waals surface area (Å²) in [5.74, 6) is 1.02. The third-order valence-corrected chi connectivity index (χ3v) is 4.33. The summed E-state index contributed by atoms with van der Waals surface area (Å²) in [5, 5.41) is 8.03. The van der Waals surface area contributed by atoms with E-state index in [-0.39, 0.29) is 17.8 Å². The predicted octanol–water partition coefficient (Wildman–Crippen LogP) is 3.07. The number of nitrogens with one attached hydrogen (secondary N) is 2. The summed E-state index contributed by atoms with van der Waals surface area (Å²) in [6.07, 6.45) is 0.642. The molecule has 7 heteroatoms. The predicted molar refractivity (Wildman–Crippen MR) is 94.2 cm³/mol. The molecular weight excluding hydrogens is 321 g/mol. The van der Waals surface area contributed by atoms with Gasteiger partial charge in [0.25, 0.3) is 5.91 Å². The number of fused-ring (bicyclic) bond motifs is 1. The number of benzene rings is 1. The first-order valence-electron chi connectivity index (χ1n) is 8.38. The van der Waals surface area contributed by atoms with Crippen molar-refractivity contribution in [2.75, 3.05) is 6.54 Å². The van der Waals surface area contributed by atoms with E-state index in [1.807, 2.05) is 27.7 Å². The molecule has 0 bridgehead atoms. The van der Waals surface area contributed by atoms with Crippen molar-refractivity contribution < 1.29 is 9.18 Å². The Kier molecular flexibility index (Phi) is 4.57. The van der Waals surface area contributed by atoms with Gasteiger partial charge in [-0.05, 0) is 51.0 Å². The third-order valence-electron chi connectivity index (χ3n) is 4.33. The molecule has 3 rings (SSSR count). The quantitative estimate of drug-likeness (QED) is 0.747. The van der Waals surface area contributed by atoms with E-state index in [1.54, 1.807) is 10.7 Å². The van der Waals surface area contributed by atoms with Crippen LogP contribution in [0.4, 0.5) is 4.39 Å². The van der Waals surface area contributed by atoms with Crippen LogP contribution < -0.4 is 5.32 Å². The Morgan fingerprint density at radius 3 is 2.80 bits per heavy atom. The minimum atomic E-state index is -0.307. The molecule has 1 unspecified atom stereocenters. The number of aryl methyl sites for hydroxylation is 3. The molecule has 1 amide bonds. The molecular formula is C18H22FN5O. The van der Waals surface area contributed by atoms with Crippen molar-refractivity contribution >= 4 is 16.8 Å². The van der Waals surface area contributed by atoms with Gasteiger partial charge in [-0.3, -0.25) is 4.79 Å². The molecule has 1 atom stereocenters. The van der Waals surface area contributed by atoms with E-state index in [9.17, 15) is 9.18 Å². The van der Waals surface area contributed by atoms with Crippen LogP contribution in [-0.4, -0.2) is 32.2 Å². The number of hydrogen-bond donors (Lipinski definition) is 2. The molecule has 0 saturated heterocycles. The number of rotatable bonds is 5. The fourth-order valence-electron chi connectivity index (χ4n) is 3.15. The van der Waals surface area contributed by atoms with E-state index >= 15 is 0 Å². The number of halogens is 1. The molecule has 0 spiro atoms. The van der Waals surface area contributed by atoms with E-state index in [0.717, 1.165) is 22.3 Å². The summed E-state index contributed by atoms with van der Waals surface area (Å²) in [5.41, 5.74) is 2.08. The maximum Gasteiger partial charge on any atom is 0.268 e. The standard InChI is InChI=1S/C18H22FN5O/c1-5-14-15-8-13(19)6-7-16(15)22-17(14)18(25)20-9-10(2)24-12(4)21-11(3)23-24/h6-8,10,22H,5,9H2,1-4H3,(H,20,25). The highest BCUT2D eigenvalue weighted by Crippen LogP contribution is 2.24. The molecule has 2 N–H and O–H groups in total. The van der Waals surface area contributed by atoms with Gasteiger partial charge in [-0.15, -0.1) is 0 Å². The Morgan fingerprint density at radius 2 is 2.16 bits per heavy atom. The van der Waals surface area contributed by atoms with Gasteiger partial charge in [-0.2, -0.15) is 5.10 Å². The van der Waals surface area contributed by atoms with Gasteiger partial charge in [-0.25, -0.2) is 14.1 Å². The normalized spacial score (nSPS) is 12.5. The van der Waals surface area contributed by atoms with Crippen LogP contribution in [0.5, 0.6) is 0 Å². The van der Waals surface area contributed by atoms with Crippen LogP contribution in [0.25, 0.3) is 10.9 Å². The van der Waals surface area contributed by atoms with Crippen molar-refractivity contribution in [1.29, 1.82) is 0 Å². The lowest BCUT2D eigenvalue weighted by Crippen LogP contribution is -2.31. The number of H-pyrrole nitrogens is 1. The summed E-state index contributed by atoms with van der Waals surface area (Å²) in [6.45, 7) is 8.08. The smallest absolute Gasteiger partial charge is 0.268 e. The average molecular weight is 343 g/mol. The van der Waals surface area contributed by atoms with Crippen LogP contribution in [0.15, 0.2) is 18.2 Å². The highest BCUT2D eigenvalue weighted by atomic mass is 19.1. The zero-order valence-corrected chi connectivity index (χ0v) is 14.9.